The Morgan fingerprint density at radius 1 is 0.952 bits per heavy atom. The summed E-state index contributed by atoms with van der Waals surface area (Å²) in [5.41, 5.74) is 0.726. The third-order valence-electron chi connectivity index (χ3n) is 3.05. The number of rotatable bonds is 2. The topological polar surface area (TPSA) is 35.5 Å². The minimum atomic E-state index is -0.255. The van der Waals surface area contributed by atoms with E-state index in [0.29, 0.717) is 45.9 Å². The zero-order chi connectivity index (χ0) is 15.0. The molecule has 21 heavy (non-hydrogen) atoms. The summed E-state index contributed by atoms with van der Waals surface area (Å²) in [6.45, 7) is 0.913. The summed E-state index contributed by atoms with van der Waals surface area (Å²) < 4.78 is 11.7. The van der Waals surface area contributed by atoms with Crippen molar-refractivity contribution in [3.8, 4) is 11.5 Å². The molecule has 0 amide bonds. The van der Waals surface area contributed by atoms with Gasteiger partial charge in [0.2, 0.25) is 0 Å². The summed E-state index contributed by atoms with van der Waals surface area (Å²) in [6.07, 6.45) is 0. The molecule has 2 aromatic carbocycles. The van der Waals surface area contributed by atoms with Crippen LogP contribution in [0.4, 0.5) is 0 Å². The van der Waals surface area contributed by atoms with E-state index in [0.717, 1.165) is 4.47 Å². The van der Waals surface area contributed by atoms with E-state index in [1.165, 1.54) is 0 Å². The molecule has 0 bridgehead atoms. The fourth-order valence-corrected chi connectivity index (χ4v) is 3.06. The highest BCUT2D eigenvalue weighted by Gasteiger charge is 2.21. The molecule has 2 aromatic rings. The van der Waals surface area contributed by atoms with Crippen molar-refractivity contribution in [3.05, 3.63) is 56.0 Å². The van der Waals surface area contributed by atoms with Crippen molar-refractivity contribution in [3.63, 3.8) is 0 Å². The smallest absolute Gasteiger partial charge is 0.196 e. The average Bonchev–Trinajstić information content (AvgIpc) is 2.46. The molecule has 0 spiro atoms. The molecule has 3 nitrogen and oxygen atoms in total. The molecule has 0 saturated heterocycles. The highest BCUT2D eigenvalue weighted by atomic mass is 79.9. The summed E-state index contributed by atoms with van der Waals surface area (Å²) in [7, 11) is 0. The number of halogens is 3. The molecule has 0 N–H and O–H groups in total. The molecule has 0 atom stereocenters. The van der Waals surface area contributed by atoms with E-state index in [1.807, 2.05) is 0 Å². The number of hydrogen-bond acceptors (Lipinski definition) is 3. The van der Waals surface area contributed by atoms with E-state index in [2.05, 4.69) is 15.9 Å². The van der Waals surface area contributed by atoms with Crippen LogP contribution in [0.1, 0.15) is 15.9 Å². The maximum absolute atomic E-state index is 12.6. The van der Waals surface area contributed by atoms with Gasteiger partial charge in [-0.1, -0.05) is 39.1 Å². The van der Waals surface area contributed by atoms with Gasteiger partial charge in [0.1, 0.15) is 13.2 Å². The van der Waals surface area contributed by atoms with Crippen molar-refractivity contribution in [1.29, 1.82) is 0 Å². The van der Waals surface area contributed by atoms with Crippen molar-refractivity contribution in [2.45, 2.75) is 0 Å². The van der Waals surface area contributed by atoms with E-state index >= 15 is 0 Å². The van der Waals surface area contributed by atoms with Crippen LogP contribution in [0.5, 0.6) is 11.5 Å². The summed E-state index contributed by atoms with van der Waals surface area (Å²) in [5, 5.41) is 0.670. The van der Waals surface area contributed by atoms with Gasteiger partial charge in [0.25, 0.3) is 0 Å². The van der Waals surface area contributed by atoms with Crippen LogP contribution >= 0.6 is 39.1 Å². The maximum Gasteiger partial charge on any atom is 0.196 e. The van der Waals surface area contributed by atoms with Crippen molar-refractivity contribution in [1.82, 2.24) is 0 Å². The van der Waals surface area contributed by atoms with Crippen LogP contribution in [-0.4, -0.2) is 19.0 Å². The molecular formula is C15H9BrCl2O3. The lowest BCUT2D eigenvalue weighted by molar-refractivity contribution is 0.103. The predicted octanol–water partition coefficient (Wildman–Crippen LogP) is 4.76. The molecule has 0 fully saturated rings. The van der Waals surface area contributed by atoms with Gasteiger partial charge in [-0.3, -0.25) is 4.79 Å². The van der Waals surface area contributed by atoms with Crippen molar-refractivity contribution >= 4 is 44.9 Å². The second-order valence-electron chi connectivity index (χ2n) is 4.43. The molecule has 108 valence electrons. The van der Waals surface area contributed by atoms with Gasteiger partial charge >= 0.3 is 0 Å². The number of benzene rings is 2. The molecule has 0 aromatic heterocycles. The van der Waals surface area contributed by atoms with Gasteiger partial charge in [-0.05, 0) is 24.3 Å². The molecule has 1 heterocycles. The number of carbonyl (C=O) groups excluding carboxylic acids is 1. The lowest BCUT2D eigenvalue weighted by Gasteiger charge is -2.19. The Morgan fingerprint density at radius 2 is 1.57 bits per heavy atom. The van der Waals surface area contributed by atoms with Gasteiger partial charge in [0.05, 0.1) is 10.0 Å². The Hall–Kier alpha value is -1.23. The van der Waals surface area contributed by atoms with E-state index in [1.54, 1.807) is 30.3 Å². The first-order valence-electron chi connectivity index (χ1n) is 6.15. The standard InChI is InChI=1S/C15H9BrCl2O3/c16-8-1-2-9(11(17)5-8)15(19)10-6-13-14(7-12(10)18)21-4-3-20-13/h1-2,5-7H,3-4H2. The maximum atomic E-state index is 12.6. The molecule has 1 aliphatic rings. The molecule has 6 heteroatoms. The minimum Gasteiger partial charge on any atom is -0.486 e. The third kappa shape index (κ3) is 2.89. The SMILES string of the molecule is O=C(c1ccc(Br)cc1Cl)c1cc2c(cc1Cl)OCCO2. The van der Waals surface area contributed by atoms with E-state index in [9.17, 15) is 4.79 Å². The number of ether oxygens (including phenoxy) is 2. The average molecular weight is 388 g/mol. The largest absolute Gasteiger partial charge is 0.486 e. The Bertz CT molecular complexity index is 731. The molecule has 1 aliphatic heterocycles. The second-order valence-corrected chi connectivity index (χ2v) is 6.16. The normalized spacial score (nSPS) is 13.1. The molecule has 0 unspecified atom stereocenters. The van der Waals surface area contributed by atoms with Crippen molar-refractivity contribution < 1.29 is 14.3 Å². The van der Waals surface area contributed by atoms with Gasteiger partial charge in [0.15, 0.2) is 17.3 Å². The summed E-state index contributed by atoms with van der Waals surface area (Å²) in [6, 6.07) is 8.27. The first kappa shape index (κ1) is 14.7. The van der Waals surface area contributed by atoms with Crippen molar-refractivity contribution in [2.75, 3.05) is 13.2 Å². The van der Waals surface area contributed by atoms with Crippen molar-refractivity contribution in [2.24, 2.45) is 0 Å². The van der Waals surface area contributed by atoms with Crippen LogP contribution in [0, 0.1) is 0 Å². The lowest BCUT2D eigenvalue weighted by Crippen LogP contribution is -2.16. The zero-order valence-electron chi connectivity index (χ0n) is 10.7. The Labute approximate surface area is 139 Å². The highest BCUT2D eigenvalue weighted by Crippen LogP contribution is 2.37. The second kappa shape index (κ2) is 5.87. The van der Waals surface area contributed by atoms with Gasteiger partial charge < -0.3 is 9.47 Å². The minimum absolute atomic E-state index is 0.255. The third-order valence-corrected chi connectivity index (χ3v) is 4.17. The molecule has 0 aliphatic carbocycles. The zero-order valence-corrected chi connectivity index (χ0v) is 13.8. The first-order valence-corrected chi connectivity index (χ1v) is 7.70. The Kier molecular flexibility index (Phi) is 4.11. The van der Waals surface area contributed by atoms with Gasteiger partial charge in [-0.15, -0.1) is 0 Å². The van der Waals surface area contributed by atoms with E-state index < -0.39 is 0 Å². The van der Waals surface area contributed by atoms with Gasteiger partial charge in [0, 0.05) is 21.7 Å². The molecular weight excluding hydrogens is 379 g/mol. The Morgan fingerprint density at radius 3 is 2.24 bits per heavy atom. The highest BCUT2D eigenvalue weighted by molar-refractivity contribution is 9.10. The number of hydrogen-bond donors (Lipinski definition) is 0. The van der Waals surface area contributed by atoms with Crippen LogP contribution < -0.4 is 9.47 Å². The quantitative estimate of drug-likeness (QED) is 0.697. The number of carbonyl (C=O) groups is 1. The summed E-state index contributed by atoms with van der Waals surface area (Å²) in [5.74, 6) is 0.807. The predicted molar refractivity (Wildman–Crippen MR) is 85.0 cm³/mol. The van der Waals surface area contributed by atoms with Crippen LogP contribution in [0.15, 0.2) is 34.8 Å². The first-order chi connectivity index (χ1) is 10.1. The van der Waals surface area contributed by atoms with Crippen LogP contribution in [-0.2, 0) is 0 Å². The fourth-order valence-electron chi connectivity index (χ4n) is 2.06. The number of ketones is 1. The van der Waals surface area contributed by atoms with Crippen LogP contribution in [0.25, 0.3) is 0 Å². The van der Waals surface area contributed by atoms with Gasteiger partial charge in [-0.2, -0.15) is 0 Å². The number of fused-ring (bicyclic) bond motifs is 1. The fraction of sp³-hybridized carbons (Fsp3) is 0.133. The Balaban J connectivity index is 2.05. The molecule has 3 rings (SSSR count). The van der Waals surface area contributed by atoms with Crippen LogP contribution in [0.2, 0.25) is 10.0 Å². The summed E-state index contributed by atoms with van der Waals surface area (Å²) >= 11 is 15.6. The van der Waals surface area contributed by atoms with E-state index in [4.69, 9.17) is 32.7 Å². The van der Waals surface area contributed by atoms with Gasteiger partial charge in [-0.25, -0.2) is 0 Å². The summed E-state index contributed by atoms with van der Waals surface area (Å²) in [4.78, 5) is 12.6. The lowest BCUT2D eigenvalue weighted by atomic mass is 10.0. The van der Waals surface area contributed by atoms with E-state index in [-0.39, 0.29) is 5.78 Å². The molecule has 0 radical (unpaired) electrons. The monoisotopic (exact) mass is 386 g/mol. The molecule has 0 saturated carbocycles. The van der Waals surface area contributed by atoms with Crippen LogP contribution in [0.3, 0.4) is 0 Å².